The van der Waals surface area contributed by atoms with Gasteiger partial charge in [0.25, 0.3) is 5.56 Å². The van der Waals surface area contributed by atoms with Crippen LogP contribution < -0.4 is 5.56 Å². The molecule has 5 nitrogen and oxygen atoms in total. The van der Waals surface area contributed by atoms with Crippen molar-refractivity contribution in [3.8, 4) is 6.07 Å². The van der Waals surface area contributed by atoms with Crippen molar-refractivity contribution in [1.29, 1.82) is 5.26 Å². The first-order valence-electron chi connectivity index (χ1n) is 6.27. The maximum absolute atomic E-state index is 12.2. The predicted octanol–water partition coefficient (Wildman–Crippen LogP) is 1.49. The van der Waals surface area contributed by atoms with Crippen molar-refractivity contribution in [3.05, 3.63) is 33.2 Å². The van der Waals surface area contributed by atoms with E-state index in [4.69, 9.17) is 14.7 Å². The van der Waals surface area contributed by atoms with Gasteiger partial charge in [-0.2, -0.15) is 5.26 Å². The molecule has 1 atom stereocenters. The normalized spacial score (nSPS) is 21.3. The Morgan fingerprint density at radius 3 is 2.74 bits per heavy atom. The Morgan fingerprint density at radius 1 is 1.53 bits per heavy atom. The lowest BCUT2D eigenvalue weighted by Gasteiger charge is -2.19. The minimum Gasteiger partial charge on any atom is -0.348 e. The molecule has 5 heteroatoms. The smallest absolute Gasteiger partial charge is 0.269 e. The zero-order valence-electron chi connectivity index (χ0n) is 11.7. The van der Waals surface area contributed by atoms with Gasteiger partial charge in [-0.05, 0) is 39.3 Å². The van der Waals surface area contributed by atoms with Gasteiger partial charge in [0.1, 0.15) is 17.7 Å². The third-order valence-corrected chi connectivity index (χ3v) is 3.27. The number of nitriles is 1. The first-order valence-corrected chi connectivity index (χ1v) is 6.27. The second kappa shape index (κ2) is 4.80. The highest BCUT2D eigenvalue weighted by atomic mass is 16.7. The maximum atomic E-state index is 12.2. The van der Waals surface area contributed by atoms with Crippen LogP contribution >= 0.6 is 0 Å². The molecule has 1 aliphatic heterocycles. The molecule has 1 aliphatic rings. The Balaban J connectivity index is 2.32. The van der Waals surface area contributed by atoms with Crippen molar-refractivity contribution in [2.45, 2.75) is 46.1 Å². The molecule has 0 aliphatic carbocycles. The summed E-state index contributed by atoms with van der Waals surface area (Å²) in [6.45, 7) is 8.18. The molecule has 0 aromatic carbocycles. The lowest BCUT2D eigenvalue weighted by atomic mass is 10.1. The van der Waals surface area contributed by atoms with Gasteiger partial charge in [-0.15, -0.1) is 0 Å². The van der Waals surface area contributed by atoms with Crippen LogP contribution in [0.4, 0.5) is 0 Å². The monoisotopic (exact) mass is 262 g/mol. The largest absolute Gasteiger partial charge is 0.348 e. The molecule has 2 heterocycles. The average molecular weight is 262 g/mol. The zero-order chi connectivity index (χ0) is 14.2. The van der Waals surface area contributed by atoms with Crippen molar-refractivity contribution in [3.63, 3.8) is 0 Å². The highest BCUT2D eigenvalue weighted by Gasteiger charge is 2.33. The van der Waals surface area contributed by atoms with Crippen LogP contribution in [0.5, 0.6) is 0 Å². The topological polar surface area (TPSA) is 64.2 Å². The van der Waals surface area contributed by atoms with E-state index in [1.165, 1.54) is 0 Å². The van der Waals surface area contributed by atoms with Crippen molar-refractivity contribution >= 4 is 0 Å². The Kier molecular flexibility index (Phi) is 3.48. The molecule has 0 saturated carbocycles. The summed E-state index contributed by atoms with van der Waals surface area (Å²) in [7, 11) is 0. The van der Waals surface area contributed by atoms with E-state index in [1.54, 1.807) is 11.5 Å². The minimum absolute atomic E-state index is 0.166. The van der Waals surface area contributed by atoms with Crippen molar-refractivity contribution in [2.24, 2.45) is 0 Å². The third-order valence-electron chi connectivity index (χ3n) is 3.27. The molecular formula is C14H18N2O3. The summed E-state index contributed by atoms with van der Waals surface area (Å²) in [5, 5.41) is 9.04. The van der Waals surface area contributed by atoms with Crippen molar-refractivity contribution in [2.75, 3.05) is 6.61 Å². The molecule has 0 spiro atoms. The van der Waals surface area contributed by atoms with Crippen LogP contribution in [-0.4, -0.2) is 23.1 Å². The van der Waals surface area contributed by atoms with Gasteiger partial charge in [-0.25, -0.2) is 0 Å². The summed E-state index contributed by atoms with van der Waals surface area (Å²) in [5.74, 6) is -0.606. The molecule has 0 unspecified atom stereocenters. The quantitative estimate of drug-likeness (QED) is 0.810. The number of nitrogens with zero attached hydrogens (tertiary/aromatic N) is 2. The van der Waals surface area contributed by atoms with Crippen LogP contribution in [-0.2, 0) is 16.0 Å². The summed E-state index contributed by atoms with van der Waals surface area (Å²) in [5.41, 5.74) is 1.48. The highest BCUT2D eigenvalue weighted by molar-refractivity contribution is 5.36. The summed E-state index contributed by atoms with van der Waals surface area (Å²) in [6, 6.07) is 3.82. The molecule has 2 rings (SSSR count). The van der Waals surface area contributed by atoms with Crippen LogP contribution in [0.15, 0.2) is 10.9 Å². The summed E-state index contributed by atoms with van der Waals surface area (Å²) in [4.78, 5) is 12.2. The van der Waals surface area contributed by atoms with Crippen LogP contribution in [0.1, 0.15) is 30.7 Å². The summed E-state index contributed by atoms with van der Waals surface area (Å²) in [6.07, 6.45) is -0.166. The van der Waals surface area contributed by atoms with Crippen LogP contribution in [0.3, 0.4) is 0 Å². The molecule has 1 aromatic rings. The Labute approximate surface area is 112 Å². The standard InChI is InChI=1S/C14H18N2O3/c1-9-5-10(2)16(13(17)12(9)6-15)7-11-8-18-14(3,4)19-11/h5,11H,7-8H2,1-4H3/t11-/m0/s1. The molecule has 1 fully saturated rings. The van der Waals surface area contributed by atoms with E-state index in [0.29, 0.717) is 18.7 Å². The number of aryl methyl sites for hydroxylation is 2. The van der Waals surface area contributed by atoms with Gasteiger partial charge in [-0.1, -0.05) is 0 Å². The molecule has 1 saturated heterocycles. The molecule has 1 aromatic heterocycles. The van der Waals surface area contributed by atoms with Crippen molar-refractivity contribution < 1.29 is 9.47 Å². The lowest BCUT2D eigenvalue weighted by molar-refractivity contribution is -0.139. The number of hydrogen-bond acceptors (Lipinski definition) is 4. The van der Waals surface area contributed by atoms with Gasteiger partial charge in [0.2, 0.25) is 0 Å². The van der Waals surface area contributed by atoms with E-state index < -0.39 is 5.79 Å². The Bertz CT molecular complexity index is 596. The third kappa shape index (κ3) is 2.70. The summed E-state index contributed by atoms with van der Waals surface area (Å²) < 4.78 is 12.8. The molecule has 0 amide bonds. The van der Waals surface area contributed by atoms with Gasteiger partial charge in [0, 0.05) is 5.69 Å². The molecule has 19 heavy (non-hydrogen) atoms. The SMILES string of the molecule is Cc1cc(C)n(C[C@H]2COC(C)(C)O2)c(=O)c1C#N. The fraction of sp³-hybridized carbons (Fsp3) is 0.571. The second-order valence-electron chi connectivity index (χ2n) is 5.32. The number of pyridine rings is 1. The molecule has 0 radical (unpaired) electrons. The maximum Gasteiger partial charge on any atom is 0.269 e. The van der Waals surface area contributed by atoms with Gasteiger partial charge in [-0.3, -0.25) is 4.79 Å². The number of hydrogen-bond donors (Lipinski definition) is 0. The first-order chi connectivity index (χ1) is 8.84. The highest BCUT2D eigenvalue weighted by Crippen LogP contribution is 2.23. The van der Waals surface area contributed by atoms with E-state index in [9.17, 15) is 4.79 Å². The Hall–Kier alpha value is -1.64. The minimum atomic E-state index is -0.606. The second-order valence-corrected chi connectivity index (χ2v) is 5.32. The predicted molar refractivity (Wildman–Crippen MR) is 69.8 cm³/mol. The van der Waals surface area contributed by atoms with Crippen LogP contribution in [0.25, 0.3) is 0 Å². The lowest BCUT2D eigenvalue weighted by Crippen LogP contribution is -2.32. The number of rotatable bonds is 2. The van der Waals surface area contributed by atoms with E-state index in [1.807, 2.05) is 32.9 Å². The van der Waals surface area contributed by atoms with Crippen LogP contribution in [0, 0.1) is 25.2 Å². The van der Waals surface area contributed by atoms with Gasteiger partial charge < -0.3 is 14.0 Å². The molecule has 102 valence electrons. The van der Waals surface area contributed by atoms with Gasteiger partial charge in [0.05, 0.1) is 13.2 Å². The summed E-state index contributed by atoms with van der Waals surface area (Å²) >= 11 is 0. The first kappa shape index (κ1) is 13.8. The Morgan fingerprint density at radius 2 is 2.21 bits per heavy atom. The fourth-order valence-corrected chi connectivity index (χ4v) is 2.35. The average Bonchev–Trinajstić information content (AvgIpc) is 2.64. The van der Waals surface area contributed by atoms with Crippen molar-refractivity contribution in [1.82, 2.24) is 4.57 Å². The zero-order valence-corrected chi connectivity index (χ0v) is 11.7. The van der Waals surface area contributed by atoms with Crippen LogP contribution in [0.2, 0.25) is 0 Å². The molecule has 0 N–H and O–H groups in total. The van der Waals surface area contributed by atoms with E-state index in [-0.39, 0.29) is 17.2 Å². The van der Waals surface area contributed by atoms with E-state index in [0.717, 1.165) is 5.69 Å². The number of aromatic nitrogens is 1. The van der Waals surface area contributed by atoms with Gasteiger partial charge >= 0.3 is 0 Å². The molecule has 0 bridgehead atoms. The fourth-order valence-electron chi connectivity index (χ4n) is 2.35. The molecular weight excluding hydrogens is 244 g/mol. The van der Waals surface area contributed by atoms with Gasteiger partial charge in [0.15, 0.2) is 5.79 Å². The van der Waals surface area contributed by atoms with E-state index >= 15 is 0 Å². The number of ether oxygens (including phenoxy) is 2. The van der Waals surface area contributed by atoms with E-state index in [2.05, 4.69) is 0 Å².